The van der Waals surface area contributed by atoms with Gasteiger partial charge in [0.25, 0.3) is 0 Å². The summed E-state index contributed by atoms with van der Waals surface area (Å²) in [5.41, 5.74) is 1.48. The first-order chi connectivity index (χ1) is 15.7. The zero-order valence-corrected chi connectivity index (χ0v) is 20.2. The van der Waals surface area contributed by atoms with E-state index in [0.717, 1.165) is 50.9 Å². The molecule has 0 aromatic heterocycles. The van der Waals surface area contributed by atoms with Gasteiger partial charge in [0.05, 0.1) is 0 Å². The summed E-state index contributed by atoms with van der Waals surface area (Å²) in [6.45, 7) is 11.0. The summed E-state index contributed by atoms with van der Waals surface area (Å²) in [6, 6.07) is 11.2. The van der Waals surface area contributed by atoms with Crippen molar-refractivity contribution in [2.75, 3.05) is 45.8 Å². The van der Waals surface area contributed by atoms with Crippen LogP contribution in [0, 0.1) is 5.92 Å². The van der Waals surface area contributed by atoms with Gasteiger partial charge >= 0.3 is 0 Å². The van der Waals surface area contributed by atoms with Gasteiger partial charge in [-0.1, -0.05) is 37.3 Å². The number of rotatable bonds is 10. The third-order valence-corrected chi connectivity index (χ3v) is 6.76. The van der Waals surface area contributed by atoms with Crippen LogP contribution in [-0.4, -0.2) is 73.5 Å². The number of aliphatic imine (C=N–C) groups is 1. The quantitative estimate of drug-likeness (QED) is 0.332. The number of guanidine groups is 1. The van der Waals surface area contributed by atoms with Crippen molar-refractivity contribution in [3.8, 4) is 0 Å². The van der Waals surface area contributed by atoms with Crippen LogP contribution in [0.2, 0.25) is 0 Å². The normalized spacial score (nSPS) is 20.5. The van der Waals surface area contributed by atoms with Crippen molar-refractivity contribution in [2.45, 2.75) is 64.8 Å². The first-order valence-corrected chi connectivity index (χ1v) is 12.8. The molecule has 0 saturated carbocycles. The predicted octanol–water partition coefficient (Wildman–Crippen LogP) is 3.29. The lowest BCUT2D eigenvalue weighted by Crippen LogP contribution is -2.45. The number of amides is 1. The van der Waals surface area contributed by atoms with Crippen LogP contribution in [0.25, 0.3) is 0 Å². The molecule has 2 aliphatic rings. The van der Waals surface area contributed by atoms with Crippen molar-refractivity contribution in [2.24, 2.45) is 10.9 Å². The topological polar surface area (TPSA) is 60.0 Å². The summed E-state index contributed by atoms with van der Waals surface area (Å²) in [4.78, 5) is 21.3. The predicted molar refractivity (Wildman–Crippen MR) is 133 cm³/mol. The van der Waals surface area contributed by atoms with E-state index < -0.39 is 0 Å². The molecular formula is C26H43N5O. The Bertz CT molecular complexity index is 699. The Morgan fingerprint density at radius 1 is 1.06 bits per heavy atom. The van der Waals surface area contributed by atoms with Gasteiger partial charge in [-0.05, 0) is 76.6 Å². The Balaban J connectivity index is 1.30. The van der Waals surface area contributed by atoms with E-state index in [2.05, 4.69) is 52.8 Å². The SMILES string of the molecule is CCNC(=NCCCCN1CCC(Cc2ccccc2)CC1)NC1CCN(C(=O)CC)C1. The van der Waals surface area contributed by atoms with Crippen LogP contribution in [0.1, 0.15) is 57.9 Å². The summed E-state index contributed by atoms with van der Waals surface area (Å²) in [6.07, 6.45) is 7.78. The summed E-state index contributed by atoms with van der Waals surface area (Å²) in [5, 5.41) is 6.88. The molecule has 1 unspecified atom stereocenters. The minimum atomic E-state index is 0.250. The Labute approximate surface area is 194 Å². The van der Waals surface area contributed by atoms with Gasteiger partial charge < -0.3 is 20.4 Å². The van der Waals surface area contributed by atoms with Crippen molar-refractivity contribution < 1.29 is 4.79 Å². The fourth-order valence-corrected chi connectivity index (χ4v) is 4.84. The number of hydrogen-bond acceptors (Lipinski definition) is 3. The third-order valence-electron chi connectivity index (χ3n) is 6.76. The molecule has 2 saturated heterocycles. The molecule has 178 valence electrons. The van der Waals surface area contributed by atoms with E-state index in [0.29, 0.717) is 12.5 Å². The number of carbonyl (C=O) groups excluding carboxylic acids is 1. The Kier molecular flexibility index (Phi) is 10.3. The number of nitrogens with zero attached hydrogens (tertiary/aromatic N) is 3. The van der Waals surface area contributed by atoms with Crippen molar-refractivity contribution in [1.82, 2.24) is 20.4 Å². The lowest BCUT2D eigenvalue weighted by atomic mass is 9.90. The van der Waals surface area contributed by atoms with Crippen LogP contribution in [0.3, 0.4) is 0 Å². The van der Waals surface area contributed by atoms with E-state index in [1.165, 1.54) is 50.9 Å². The van der Waals surface area contributed by atoms with E-state index in [-0.39, 0.29) is 5.91 Å². The molecule has 0 spiro atoms. The zero-order valence-electron chi connectivity index (χ0n) is 20.2. The highest BCUT2D eigenvalue weighted by Crippen LogP contribution is 2.21. The molecule has 0 radical (unpaired) electrons. The zero-order chi connectivity index (χ0) is 22.6. The van der Waals surface area contributed by atoms with E-state index >= 15 is 0 Å². The fraction of sp³-hybridized carbons (Fsp3) is 0.692. The van der Waals surface area contributed by atoms with Gasteiger partial charge in [0, 0.05) is 38.6 Å². The second-order valence-electron chi connectivity index (χ2n) is 9.27. The fourth-order valence-electron chi connectivity index (χ4n) is 4.84. The van der Waals surface area contributed by atoms with E-state index in [1.807, 2.05) is 11.8 Å². The standard InChI is InChI=1S/C26H43N5O/c1-3-25(32)31-19-14-24(21-31)29-26(27-4-2)28-15-8-9-16-30-17-12-23(13-18-30)20-22-10-6-5-7-11-22/h5-7,10-11,23-24H,3-4,8-9,12-21H2,1-2H3,(H2,27,28,29). The van der Waals surface area contributed by atoms with Gasteiger partial charge in [0.1, 0.15) is 0 Å². The molecule has 32 heavy (non-hydrogen) atoms. The summed E-state index contributed by atoms with van der Waals surface area (Å²) in [5.74, 6) is 1.98. The highest BCUT2D eigenvalue weighted by Gasteiger charge is 2.25. The van der Waals surface area contributed by atoms with Crippen LogP contribution in [0.5, 0.6) is 0 Å². The van der Waals surface area contributed by atoms with Crippen molar-refractivity contribution in [3.63, 3.8) is 0 Å². The number of hydrogen-bond donors (Lipinski definition) is 2. The molecule has 0 bridgehead atoms. The lowest BCUT2D eigenvalue weighted by molar-refractivity contribution is -0.129. The van der Waals surface area contributed by atoms with E-state index in [9.17, 15) is 4.79 Å². The van der Waals surface area contributed by atoms with Crippen LogP contribution in [0.4, 0.5) is 0 Å². The van der Waals surface area contributed by atoms with Crippen LogP contribution in [0.15, 0.2) is 35.3 Å². The van der Waals surface area contributed by atoms with E-state index in [1.54, 1.807) is 0 Å². The lowest BCUT2D eigenvalue weighted by Gasteiger charge is -2.32. The van der Waals surface area contributed by atoms with Gasteiger partial charge in [0.2, 0.25) is 5.91 Å². The second-order valence-corrected chi connectivity index (χ2v) is 9.27. The molecule has 2 N–H and O–H groups in total. The summed E-state index contributed by atoms with van der Waals surface area (Å²) in [7, 11) is 0. The maximum atomic E-state index is 11.9. The third kappa shape index (κ3) is 8.12. The van der Waals surface area contributed by atoms with Crippen LogP contribution >= 0.6 is 0 Å². The molecular weight excluding hydrogens is 398 g/mol. The van der Waals surface area contributed by atoms with Gasteiger partial charge in [-0.2, -0.15) is 0 Å². The Hall–Kier alpha value is -2.08. The smallest absolute Gasteiger partial charge is 0.222 e. The van der Waals surface area contributed by atoms with E-state index in [4.69, 9.17) is 4.99 Å². The van der Waals surface area contributed by atoms with Crippen molar-refractivity contribution in [1.29, 1.82) is 0 Å². The molecule has 2 heterocycles. The molecule has 1 aromatic carbocycles. The Morgan fingerprint density at radius 3 is 2.56 bits per heavy atom. The Morgan fingerprint density at radius 2 is 1.84 bits per heavy atom. The molecule has 1 atom stereocenters. The van der Waals surface area contributed by atoms with Gasteiger partial charge in [-0.25, -0.2) is 0 Å². The number of piperidine rings is 1. The molecule has 1 aromatic rings. The minimum Gasteiger partial charge on any atom is -0.357 e. The van der Waals surface area contributed by atoms with Crippen LogP contribution in [-0.2, 0) is 11.2 Å². The number of unbranched alkanes of at least 4 members (excludes halogenated alkanes) is 1. The summed E-state index contributed by atoms with van der Waals surface area (Å²) >= 11 is 0. The number of nitrogens with one attached hydrogen (secondary N) is 2. The maximum absolute atomic E-state index is 11.9. The second kappa shape index (κ2) is 13.5. The summed E-state index contributed by atoms with van der Waals surface area (Å²) < 4.78 is 0. The maximum Gasteiger partial charge on any atom is 0.222 e. The van der Waals surface area contributed by atoms with Crippen molar-refractivity contribution in [3.05, 3.63) is 35.9 Å². The van der Waals surface area contributed by atoms with Gasteiger partial charge in [0.15, 0.2) is 5.96 Å². The van der Waals surface area contributed by atoms with Gasteiger partial charge in [-0.3, -0.25) is 9.79 Å². The number of likely N-dealkylation sites (tertiary alicyclic amines) is 2. The number of carbonyl (C=O) groups is 1. The first kappa shape index (κ1) is 24.6. The highest BCUT2D eigenvalue weighted by molar-refractivity contribution is 5.80. The van der Waals surface area contributed by atoms with Gasteiger partial charge in [-0.15, -0.1) is 0 Å². The molecule has 3 rings (SSSR count). The highest BCUT2D eigenvalue weighted by atomic mass is 16.2. The molecule has 1 amide bonds. The minimum absolute atomic E-state index is 0.250. The van der Waals surface area contributed by atoms with Crippen molar-refractivity contribution >= 4 is 11.9 Å². The van der Waals surface area contributed by atoms with Crippen LogP contribution < -0.4 is 10.6 Å². The monoisotopic (exact) mass is 441 g/mol. The molecule has 2 aliphatic heterocycles. The molecule has 6 heteroatoms. The largest absolute Gasteiger partial charge is 0.357 e. The molecule has 2 fully saturated rings. The molecule has 0 aliphatic carbocycles. The first-order valence-electron chi connectivity index (χ1n) is 12.8. The number of benzene rings is 1. The average Bonchev–Trinajstić information content (AvgIpc) is 3.29. The average molecular weight is 442 g/mol. The molecule has 6 nitrogen and oxygen atoms in total.